The van der Waals surface area contributed by atoms with Gasteiger partial charge in [0, 0.05) is 21.0 Å². The number of nitrogens with one attached hydrogen (secondary N) is 2. The predicted molar refractivity (Wildman–Crippen MR) is 145 cm³/mol. The number of aryl methyl sites for hydroxylation is 1. The van der Waals surface area contributed by atoms with Gasteiger partial charge in [-0.15, -0.1) is 11.3 Å². The molecule has 1 aromatic carbocycles. The second-order valence-electron chi connectivity index (χ2n) is 10.4. The summed E-state index contributed by atoms with van der Waals surface area (Å²) in [5.41, 5.74) is 6.07. The van der Waals surface area contributed by atoms with Gasteiger partial charge in [-0.05, 0) is 71.9 Å². The molecule has 0 spiro atoms. The van der Waals surface area contributed by atoms with Gasteiger partial charge in [-0.25, -0.2) is 4.98 Å². The number of thiophene rings is 1. The Balaban J connectivity index is 1.50. The van der Waals surface area contributed by atoms with Crippen molar-refractivity contribution >= 4 is 16.9 Å². The summed E-state index contributed by atoms with van der Waals surface area (Å²) >= 11 is 1.71. The summed E-state index contributed by atoms with van der Waals surface area (Å²) in [6.07, 6.45) is 8.31. The SMILES string of the molecule is CCc1ccc(-c2cc(-c3ccc(C4=CCC(C(C)(C)C)CC4)cc3)[nH]c(=O)c2-c2ncn[nH]2)s1. The lowest BCUT2D eigenvalue weighted by Crippen LogP contribution is -2.21. The van der Waals surface area contributed by atoms with Gasteiger partial charge in [0.15, 0.2) is 5.82 Å². The average molecular weight is 485 g/mol. The number of aromatic nitrogens is 4. The number of allylic oxidation sites excluding steroid dienone is 2. The molecule has 0 aliphatic heterocycles. The zero-order valence-corrected chi connectivity index (χ0v) is 21.6. The van der Waals surface area contributed by atoms with Crippen LogP contribution in [-0.4, -0.2) is 20.2 Å². The minimum atomic E-state index is -0.173. The van der Waals surface area contributed by atoms with Crippen LogP contribution in [0, 0.1) is 11.3 Å². The van der Waals surface area contributed by atoms with Crippen molar-refractivity contribution < 1.29 is 0 Å². The van der Waals surface area contributed by atoms with Crippen LogP contribution < -0.4 is 5.56 Å². The van der Waals surface area contributed by atoms with Crippen molar-refractivity contribution in [3.63, 3.8) is 0 Å². The average Bonchev–Trinajstić information content (AvgIpc) is 3.56. The lowest BCUT2D eigenvalue weighted by Gasteiger charge is -2.33. The highest BCUT2D eigenvalue weighted by molar-refractivity contribution is 7.15. The molecule has 3 aromatic heterocycles. The Bertz CT molecular complexity index is 1400. The highest BCUT2D eigenvalue weighted by atomic mass is 32.1. The van der Waals surface area contributed by atoms with Gasteiger partial charge in [-0.2, -0.15) is 5.10 Å². The molecule has 0 saturated heterocycles. The van der Waals surface area contributed by atoms with Crippen LogP contribution in [0.3, 0.4) is 0 Å². The first-order valence-corrected chi connectivity index (χ1v) is 13.2. The van der Waals surface area contributed by atoms with Gasteiger partial charge in [0.25, 0.3) is 5.56 Å². The predicted octanol–water partition coefficient (Wildman–Crippen LogP) is 7.35. The lowest BCUT2D eigenvalue weighted by molar-refractivity contribution is 0.225. The maximum atomic E-state index is 13.3. The summed E-state index contributed by atoms with van der Waals surface area (Å²) in [4.78, 5) is 22.9. The van der Waals surface area contributed by atoms with E-state index in [4.69, 9.17) is 0 Å². The molecule has 6 heteroatoms. The molecule has 3 heterocycles. The first-order valence-electron chi connectivity index (χ1n) is 12.4. The van der Waals surface area contributed by atoms with E-state index in [0.29, 0.717) is 16.8 Å². The largest absolute Gasteiger partial charge is 0.321 e. The van der Waals surface area contributed by atoms with Crippen LogP contribution in [0.15, 0.2) is 59.7 Å². The molecule has 5 rings (SSSR count). The molecule has 0 radical (unpaired) electrons. The molecule has 35 heavy (non-hydrogen) atoms. The third kappa shape index (κ3) is 4.80. The summed E-state index contributed by atoms with van der Waals surface area (Å²) in [5, 5.41) is 6.82. The summed E-state index contributed by atoms with van der Waals surface area (Å²) in [6.45, 7) is 9.16. The summed E-state index contributed by atoms with van der Waals surface area (Å²) < 4.78 is 0. The van der Waals surface area contributed by atoms with E-state index in [1.165, 1.54) is 28.8 Å². The van der Waals surface area contributed by atoms with E-state index in [1.807, 2.05) is 0 Å². The number of aromatic amines is 2. The maximum absolute atomic E-state index is 13.3. The minimum absolute atomic E-state index is 0.173. The van der Waals surface area contributed by atoms with Crippen LogP contribution in [0.25, 0.3) is 38.7 Å². The smallest absolute Gasteiger partial charge is 0.260 e. The van der Waals surface area contributed by atoms with E-state index in [-0.39, 0.29) is 5.56 Å². The number of benzene rings is 1. The molecule has 2 N–H and O–H groups in total. The highest BCUT2D eigenvalue weighted by Crippen LogP contribution is 2.40. The van der Waals surface area contributed by atoms with Crippen molar-refractivity contribution in [1.82, 2.24) is 20.2 Å². The third-order valence-corrected chi connectivity index (χ3v) is 8.43. The third-order valence-electron chi connectivity index (χ3n) is 7.16. The van der Waals surface area contributed by atoms with Crippen molar-refractivity contribution in [2.24, 2.45) is 11.3 Å². The highest BCUT2D eigenvalue weighted by Gasteiger charge is 2.26. The van der Waals surface area contributed by atoms with Crippen LogP contribution in [0.5, 0.6) is 0 Å². The lowest BCUT2D eigenvalue weighted by atomic mass is 9.72. The first-order chi connectivity index (χ1) is 16.8. The molecular formula is C29H32N4OS. The summed E-state index contributed by atoms with van der Waals surface area (Å²) in [6, 6.07) is 14.9. The number of H-pyrrole nitrogens is 2. The van der Waals surface area contributed by atoms with E-state index in [9.17, 15) is 4.79 Å². The molecule has 4 aromatic rings. The van der Waals surface area contributed by atoms with Crippen LogP contribution in [-0.2, 0) is 6.42 Å². The molecule has 0 saturated carbocycles. The number of pyridine rings is 1. The Morgan fingerprint density at radius 3 is 2.46 bits per heavy atom. The summed E-state index contributed by atoms with van der Waals surface area (Å²) in [5.74, 6) is 1.22. The number of rotatable bonds is 5. The Hall–Kier alpha value is -3.25. The molecule has 1 unspecified atom stereocenters. The van der Waals surface area contributed by atoms with Gasteiger partial charge >= 0.3 is 0 Å². The molecule has 5 nitrogen and oxygen atoms in total. The van der Waals surface area contributed by atoms with Gasteiger partial charge in [-0.3, -0.25) is 9.89 Å². The standard InChI is InChI=1S/C29H32N4OS/c1-5-22-14-15-25(35-22)23-16-24(32-28(34)26(23)27-30-17-31-33-27)20-8-6-18(7-9-20)19-10-12-21(13-11-19)29(2,3)4/h6-10,14-17,21H,5,11-13H2,1-4H3,(H,32,34)(H,30,31,33). The second kappa shape index (κ2) is 9.42. The molecule has 180 valence electrons. The second-order valence-corrected chi connectivity index (χ2v) is 11.6. The molecule has 0 bridgehead atoms. The fourth-order valence-electron chi connectivity index (χ4n) is 4.93. The molecule has 0 fully saturated rings. The fourth-order valence-corrected chi connectivity index (χ4v) is 5.90. The zero-order valence-electron chi connectivity index (χ0n) is 20.8. The summed E-state index contributed by atoms with van der Waals surface area (Å²) in [7, 11) is 0. The van der Waals surface area contributed by atoms with Crippen molar-refractivity contribution in [2.75, 3.05) is 0 Å². The van der Waals surface area contributed by atoms with Crippen molar-refractivity contribution in [2.45, 2.75) is 53.4 Å². The van der Waals surface area contributed by atoms with Gasteiger partial charge < -0.3 is 4.98 Å². The van der Waals surface area contributed by atoms with E-state index >= 15 is 0 Å². The number of hydrogen-bond acceptors (Lipinski definition) is 4. The van der Waals surface area contributed by atoms with E-state index in [0.717, 1.165) is 46.9 Å². The van der Waals surface area contributed by atoms with Gasteiger partial charge in [0.2, 0.25) is 0 Å². The van der Waals surface area contributed by atoms with E-state index < -0.39 is 0 Å². The number of nitrogens with zero attached hydrogens (tertiary/aromatic N) is 2. The van der Waals surface area contributed by atoms with Crippen LogP contribution in [0.4, 0.5) is 0 Å². The van der Waals surface area contributed by atoms with Crippen molar-refractivity contribution in [1.29, 1.82) is 0 Å². The maximum Gasteiger partial charge on any atom is 0.260 e. The Morgan fingerprint density at radius 2 is 1.86 bits per heavy atom. The van der Waals surface area contributed by atoms with E-state index in [2.05, 4.69) is 96.4 Å². The molecule has 0 amide bonds. The normalized spacial score (nSPS) is 16.3. The Labute approximate surface area is 210 Å². The first kappa shape index (κ1) is 23.5. The topological polar surface area (TPSA) is 74.4 Å². The zero-order chi connectivity index (χ0) is 24.6. The fraction of sp³-hybridized carbons (Fsp3) is 0.345. The van der Waals surface area contributed by atoms with Gasteiger partial charge in [0.05, 0.1) is 5.56 Å². The van der Waals surface area contributed by atoms with Crippen molar-refractivity contribution in [3.8, 4) is 33.1 Å². The molecule has 1 aliphatic carbocycles. The molecular weight excluding hydrogens is 452 g/mol. The van der Waals surface area contributed by atoms with Crippen LogP contribution in [0.1, 0.15) is 57.4 Å². The Kier molecular flexibility index (Phi) is 6.32. The van der Waals surface area contributed by atoms with Crippen LogP contribution in [0.2, 0.25) is 0 Å². The monoisotopic (exact) mass is 484 g/mol. The Morgan fingerprint density at radius 1 is 1.09 bits per heavy atom. The van der Waals surface area contributed by atoms with E-state index in [1.54, 1.807) is 11.3 Å². The van der Waals surface area contributed by atoms with Crippen molar-refractivity contribution in [3.05, 3.63) is 75.7 Å². The van der Waals surface area contributed by atoms with Gasteiger partial charge in [-0.1, -0.05) is 58.0 Å². The van der Waals surface area contributed by atoms with Gasteiger partial charge in [0.1, 0.15) is 6.33 Å². The molecule has 1 atom stereocenters. The minimum Gasteiger partial charge on any atom is -0.321 e. The quantitative estimate of drug-likeness (QED) is 0.311. The van der Waals surface area contributed by atoms with Crippen LogP contribution >= 0.6 is 11.3 Å². The molecule has 1 aliphatic rings. The number of hydrogen-bond donors (Lipinski definition) is 2.